The molecule has 3 aliphatic heterocycles. The van der Waals surface area contributed by atoms with Gasteiger partial charge in [0.1, 0.15) is 5.58 Å². The Hall–Kier alpha value is -3.92. The van der Waals surface area contributed by atoms with Crippen LogP contribution in [0.2, 0.25) is 0 Å². The average molecular weight is 504 g/mol. The molecule has 0 bridgehead atoms. The summed E-state index contributed by atoms with van der Waals surface area (Å²) in [7, 11) is 0. The highest BCUT2D eigenvalue weighted by atomic mass is 16.3. The van der Waals surface area contributed by atoms with E-state index in [4.69, 9.17) is 4.42 Å². The quantitative estimate of drug-likeness (QED) is 0.199. The summed E-state index contributed by atoms with van der Waals surface area (Å²) >= 11 is 0. The van der Waals surface area contributed by atoms with Gasteiger partial charge in [-0.2, -0.15) is 0 Å². The Balaban J connectivity index is 1.43. The minimum Gasteiger partial charge on any atom is -0.441 e. The van der Waals surface area contributed by atoms with E-state index >= 15 is 0 Å². The van der Waals surface area contributed by atoms with Gasteiger partial charge >= 0.3 is 6.85 Å². The maximum absolute atomic E-state index is 6.75. The van der Waals surface area contributed by atoms with Crippen molar-refractivity contribution in [3.8, 4) is 11.1 Å². The molecule has 6 aromatic rings. The zero-order valence-electron chi connectivity index (χ0n) is 22.6. The van der Waals surface area contributed by atoms with E-state index in [1.165, 1.54) is 86.3 Å². The second kappa shape index (κ2) is 6.45. The van der Waals surface area contributed by atoms with Crippen LogP contribution in [0.15, 0.2) is 77.2 Å². The number of aromatic nitrogens is 1. The average Bonchev–Trinajstić information content (AvgIpc) is 3.54. The normalized spacial score (nSPS) is 24.0. The maximum atomic E-state index is 6.75. The van der Waals surface area contributed by atoms with Gasteiger partial charge in [-0.25, -0.2) is 0 Å². The van der Waals surface area contributed by atoms with Gasteiger partial charge < -0.3 is 13.8 Å². The smallest absolute Gasteiger partial charge is 0.336 e. The van der Waals surface area contributed by atoms with E-state index in [0.717, 1.165) is 11.3 Å². The molecule has 5 heterocycles. The number of aryl methyl sites for hydroxylation is 1. The lowest BCUT2D eigenvalue weighted by Crippen LogP contribution is -2.61. The highest BCUT2D eigenvalue weighted by molar-refractivity contribution is 6.90. The van der Waals surface area contributed by atoms with Crippen LogP contribution in [-0.4, -0.2) is 16.9 Å². The maximum Gasteiger partial charge on any atom is 0.336 e. The van der Waals surface area contributed by atoms with Crippen LogP contribution in [0.4, 0.5) is 11.4 Å². The lowest BCUT2D eigenvalue weighted by molar-refractivity contribution is 0.195. The van der Waals surface area contributed by atoms with Crippen LogP contribution in [-0.2, 0) is 5.41 Å². The van der Waals surface area contributed by atoms with Crippen molar-refractivity contribution < 1.29 is 4.42 Å². The van der Waals surface area contributed by atoms with Gasteiger partial charge in [0.15, 0.2) is 5.71 Å². The summed E-state index contributed by atoms with van der Waals surface area (Å²) in [6.45, 7) is 7.46. The third-order valence-corrected chi connectivity index (χ3v) is 11.2. The summed E-state index contributed by atoms with van der Waals surface area (Å²) in [6.07, 6.45) is 5.08. The minimum atomic E-state index is 0.0634. The standard InChI is InChI=1S/C35H29BN2O/c1-20-18-24-21-11-8-12-23-29-22-10-4-5-15-28(22)39-33(29)38(31(21)23)36-26-14-9-13-25-32(26)37(27(19-20)30(24)36)35(3)17-7-6-16-34(25,35)2/h4-5,8-15,18-19H,6-7,16-17H2,1-3H3. The first-order valence-electron chi connectivity index (χ1n) is 14.5. The Labute approximate surface area is 228 Å². The van der Waals surface area contributed by atoms with Crippen molar-refractivity contribution in [1.82, 2.24) is 4.48 Å². The van der Waals surface area contributed by atoms with Crippen LogP contribution in [0.25, 0.3) is 44.1 Å². The second-order valence-electron chi connectivity index (χ2n) is 12.9. The van der Waals surface area contributed by atoms with E-state index in [2.05, 4.69) is 103 Å². The molecule has 2 unspecified atom stereocenters. The fourth-order valence-corrected chi connectivity index (χ4v) is 9.32. The number of anilines is 2. The lowest BCUT2D eigenvalue weighted by Gasteiger charge is -2.52. The molecule has 0 radical (unpaired) electrons. The predicted molar refractivity (Wildman–Crippen MR) is 163 cm³/mol. The highest BCUT2D eigenvalue weighted by Gasteiger charge is 2.61. The second-order valence-corrected chi connectivity index (χ2v) is 12.9. The molecule has 1 saturated carbocycles. The lowest BCUT2D eigenvalue weighted by atomic mass is 9.45. The van der Waals surface area contributed by atoms with Crippen LogP contribution in [0, 0.1) is 6.92 Å². The molecule has 4 aromatic carbocycles. The van der Waals surface area contributed by atoms with Crippen molar-refractivity contribution in [3.05, 3.63) is 83.9 Å². The minimum absolute atomic E-state index is 0.0634. The number of furan rings is 1. The third-order valence-electron chi connectivity index (χ3n) is 11.2. The molecular weight excluding hydrogens is 475 g/mol. The Bertz CT molecular complexity index is 2100. The van der Waals surface area contributed by atoms with Crippen LogP contribution < -0.4 is 15.8 Å². The van der Waals surface area contributed by atoms with Crippen LogP contribution in [0.1, 0.15) is 50.7 Å². The topological polar surface area (TPSA) is 21.3 Å². The molecule has 0 spiro atoms. The molecule has 4 heteroatoms. The molecule has 1 aliphatic carbocycles. The monoisotopic (exact) mass is 504 g/mol. The molecular formula is C35H29BN2O. The number of nitrogens with zero attached hydrogens (tertiary/aromatic N) is 2. The summed E-state index contributed by atoms with van der Waals surface area (Å²) in [5.74, 6) is 0. The Morgan fingerprint density at radius 2 is 1.67 bits per heavy atom. The number of hydrogen-bond acceptors (Lipinski definition) is 2. The Morgan fingerprint density at radius 1 is 0.846 bits per heavy atom. The van der Waals surface area contributed by atoms with Crippen molar-refractivity contribution in [2.45, 2.75) is 57.4 Å². The number of rotatable bonds is 0. The summed E-state index contributed by atoms with van der Waals surface area (Å²) in [6, 6.07) is 27.5. The van der Waals surface area contributed by atoms with E-state index in [-0.39, 0.29) is 17.8 Å². The molecule has 1 fully saturated rings. The van der Waals surface area contributed by atoms with Crippen molar-refractivity contribution in [1.29, 1.82) is 0 Å². The van der Waals surface area contributed by atoms with Gasteiger partial charge in [-0.05, 0) is 66.4 Å². The van der Waals surface area contributed by atoms with E-state index in [9.17, 15) is 0 Å². The number of para-hydroxylation sites is 3. The van der Waals surface area contributed by atoms with Gasteiger partial charge in [0.05, 0.1) is 10.9 Å². The SMILES string of the molecule is Cc1cc2c3c(c1)N1c4c(cccc4C4(C)CCCCC14C)B3n1c3oc4ccccc4c3c3cccc-2c31. The van der Waals surface area contributed by atoms with Gasteiger partial charge in [0, 0.05) is 38.6 Å². The number of hydrogen-bond donors (Lipinski definition) is 0. The molecule has 39 heavy (non-hydrogen) atoms. The fourth-order valence-electron chi connectivity index (χ4n) is 9.32. The van der Waals surface area contributed by atoms with Gasteiger partial charge in [0.25, 0.3) is 0 Å². The number of benzene rings is 4. The summed E-state index contributed by atoms with van der Waals surface area (Å²) < 4.78 is 9.31. The Kier molecular flexibility index (Phi) is 3.47. The summed E-state index contributed by atoms with van der Waals surface area (Å²) in [4.78, 5) is 2.80. The molecule has 0 N–H and O–H groups in total. The molecule has 4 aliphatic rings. The predicted octanol–water partition coefficient (Wildman–Crippen LogP) is 7.54. The van der Waals surface area contributed by atoms with Crippen molar-refractivity contribution in [2.24, 2.45) is 0 Å². The molecule has 2 aromatic heterocycles. The van der Waals surface area contributed by atoms with E-state index in [1.54, 1.807) is 5.56 Å². The van der Waals surface area contributed by atoms with Crippen LogP contribution >= 0.6 is 0 Å². The third kappa shape index (κ3) is 2.11. The largest absolute Gasteiger partial charge is 0.441 e. The van der Waals surface area contributed by atoms with Crippen molar-refractivity contribution in [2.75, 3.05) is 4.90 Å². The van der Waals surface area contributed by atoms with Crippen molar-refractivity contribution in [3.63, 3.8) is 0 Å². The zero-order chi connectivity index (χ0) is 25.8. The summed E-state index contributed by atoms with van der Waals surface area (Å²) in [5.41, 5.74) is 14.8. The highest BCUT2D eigenvalue weighted by Crippen LogP contribution is 2.61. The first kappa shape index (κ1) is 21.0. The van der Waals surface area contributed by atoms with E-state index in [1.807, 2.05) is 0 Å². The van der Waals surface area contributed by atoms with Gasteiger partial charge in [0.2, 0.25) is 0 Å². The Morgan fingerprint density at radius 3 is 2.59 bits per heavy atom. The molecule has 10 rings (SSSR count). The van der Waals surface area contributed by atoms with Crippen LogP contribution in [0.3, 0.4) is 0 Å². The number of fused-ring (bicyclic) bond motifs is 12. The zero-order valence-corrected chi connectivity index (χ0v) is 22.6. The first-order valence-corrected chi connectivity index (χ1v) is 14.5. The van der Waals surface area contributed by atoms with E-state index in [0.29, 0.717) is 0 Å². The fraction of sp³-hybridized carbons (Fsp3) is 0.257. The molecule has 3 nitrogen and oxygen atoms in total. The van der Waals surface area contributed by atoms with Crippen molar-refractivity contribution >= 4 is 62.1 Å². The van der Waals surface area contributed by atoms with Gasteiger partial charge in [-0.15, -0.1) is 0 Å². The molecule has 0 saturated heterocycles. The molecule has 188 valence electrons. The first-order chi connectivity index (χ1) is 19.0. The van der Waals surface area contributed by atoms with E-state index < -0.39 is 0 Å². The van der Waals surface area contributed by atoms with Gasteiger partial charge in [-0.1, -0.05) is 80.4 Å². The molecule has 2 atom stereocenters. The van der Waals surface area contributed by atoms with Gasteiger partial charge in [-0.3, -0.25) is 0 Å². The summed E-state index contributed by atoms with van der Waals surface area (Å²) in [5, 5.41) is 3.75. The molecule has 0 amide bonds. The van der Waals surface area contributed by atoms with Crippen LogP contribution in [0.5, 0.6) is 0 Å².